The Morgan fingerprint density at radius 1 is 1.07 bits per heavy atom. The van der Waals surface area contributed by atoms with Crippen LogP contribution in [0, 0.1) is 29.1 Å². The van der Waals surface area contributed by atoms with E-state index in [1.165, 1.54) is 49.7 Å². The fraction of sp³-hybridized carbons (Fsp3) is 0.778. The monoisotopic (exact) mass is 384 g/mol. The van der Waals surface area contributed by atoms with E-state index in [1.807, 2.05) is 0 Å². The second-order valence-corrected chi connectivity index (χ2v) is 10.7. The molecular formula is C27H44O. The second kappa shape index (κ2) is 9.33. The van der Waals surface area contributed by atoms with Gasteiger partial charge in [-0.2, -0.15) is 0 Å². The van der Waals surface area contributed by atoms with Crippen LogP contribution in [0.5, 0.6) is 0 Å². The van der Waals surface area contributed by atoms with Gasteiger partial charge in [-0.05, 0) is 98.9 Å². The molecule has 28 heavy (non-hydrogen) atoms. The molecule has 0 aliphatic heterocycles. The van der Waals surface area contributed by atoms with Crippen molar-refractivity contribution in [3.63, 3.8) is 0 Å². The summed E-state index contributed by atoms with van der Waals surface area (Å²) in [6.07, 6.45) is 19.2. The van der Waals surface area contributed by atoms with E-state index >= 15 is 0 Å². The van der Waals surface area contributed by atoms with Crippen LogP contribution in [0.1, 0.15) is 98.8 Å². The average molecular weight is 385 g/mol. The SMILES string of the molecule is CC/C=C1\CC/C(=C/C=C2\CCC[C@@]3(C)C2CCC3[C@@H](C)CC(C)C)C[C@H]1O. The first-order valence-corrected chi connectivity index (χ1v) is 12.1. The number of rotatable bonds is 5. The average Bonchev–Trinajstić information content (AvgIpc) is 2.99. The Bertz CT molecular complexity index is 622. The van der Waals surface area contributed by atoms with E-state index in [2.05, 4.69) is 52.8 Å². The predicted octanol–water partition coefficient (Wildman–Crippen LogP) is 7.62. The van der Waals surface area contributed by atoms with Gasteiger partial charge >= 0.3 is 0 Å². The highest BCUT2D eigenvalue weighted by Gasteiger charge is 2.50. The fourth-order valence-electron chi connectivity index (χ4n) is 6.95. The van der Waals surface area contributed by atoms with Crippen LogP contribution in [0.2, 0.25) is 0 Å². The molecule has 3 aliphatic rings. The largest absolute Gasteiger partial charge is 0.388 e. The van der Waals surface area contributed by atoms with E-state index in [1.54, 1.807) is 5.57 Å². The maximum atomic E-state index is 10.4. The zero-order valence-corrected chi connectivity index (χ0v) is 19.1. The first-order chi connectivity index (χ1) is 13.3. The van der Waals surface area contributed by atoms with Crippen molar-refractivity contribution < 1.29 is 5.11 Å². The molecule has 0 radical (unpaired) electrons. The van der Waals surface area contributed by atoms with E-state index in [4.69, 9.17) is 0 Å². The quantitative estimate of drug-likeness (QED) is 0.483. The Morgan fingerprint density at radius 3 is 2.54 bits per heavy atom. The second-order valence-electron chi connectivity index (χ2n) is 10.7. The summed E-state index contributed by atoms with van der Waals surface area (Å²) in [7, 11) is 0. The van der Waals surface area contributed by atoms with Crippen LogP contribution in [0.4, 0.5) is 0 Å². The number of fused-ring (bicyclic) bond motifs is 1. The summed E-state index contributed by atoms with van der Waals surface area (Å²) in [5.74, 6) is 3.35. The summed E-state index contributed by atoms with van der Waals surface area (Å²) in [5.41, 5.74) is 4.93. The molecule has 0 aromatic rings. The lowest BCUT2D eigenvalue weighted by Gasteiger charge is -2.44. The molecule has 3 rings (SSSR count). The minimum Gasteiger partial charge on any atom is -0.388 e. The molecule has 0 amide bonds. The Hall–Kier alpha value is -0.820. The third-order valence-electron chi connectivity index (χ3n) is 8.19. The molecule has 0 spiro atoms. The molecule has 158 valence electrons. The van der Waals surface area contributed by atoms with E-state index in [0.717, 1.165) is 49.4 Å². The van der Waals surface area contributed by atoms with Gasteiger partial charge in [-0.1, -0.05) is 64.0 Å². The standard InChI is InChI=1S/C27H44O/c1-6-8-23-13-11-21(18-26(23)28)10-12-22-9-7-16-27(5)24(14-15-25(22)27)20(4)17-19(2)3/h8,10,12,19-20,24-26,28H,6-7,9,11,13-18H2,1-5H3/b21-10-,22-12+,23-8+/t20-,24?,25?,26+,27+/m0/s1. The van der Waals surface area contributed by atoms with Gasteiger partial charge in [0, 0.05) is 0 Å². The van der Waals surface area contributed by atoms with Gasteiger partial charge in [-0.3, -0.25) is 0 Å². The Morgan fingerprint density at radius 2 is 1.86 bits per heavy atom. The summed E-state index contributed by atoms with van der Waals surface area (Å²) < 4.78 is 0. The van der Waals surface area contributed by atoms with E-state index in [-0.39, 0.29) is 6.10 Å². The van der Waals surface area contributed by atoms with Crippen LogP contribution >= 0.6 is 0 Å². The highest BCUT2D eigenvalue weighted by Crippen LogP contribution is 2.60. The van der Waals surface area contributed by atoms with Gasteiger partial charge in [0.15, 0.2) is 0 Å². The van der Waals surface area contributed by atoms with Gasteiger partial charge < -0.3 is 5.11 Å². The number of aliphatic hydroxyl groups excluding tert-OH is 1. The highest BCUT2D eigenvalue weighted by molar-refractivity contribution is 5.28. The lowest BCUT2D eigenvalue weighted by molar-refractivity contribution is 0.0893. The molecule has 1 N–H and O–H groups in total. The van der Waals surface area contributed by atoms with Gasteiger partial charge in [-0.15, -0.1) is 0 Å². The van der Waals surface area contributed by atoms with Crippen LogP contribution in [-0.4, -0.2) is 11.2 Å². The van der Waals surface area contributed by atoms with Gasteiger partial charge in [0.2, 0.25) is 0 Å². The van der Waals surface area contributed by atoms with Gasteiger partial charge in [0.05, 0.1) is 6.10 Å². The molecule has 2 unspecified atom stereocenters. The molecule has 1 nitrogen and oxygen atoms in total. The van der Waals surface area contributed by atoms with Crippen LogP contribution in [0.3, 0.4) is 0 Å². The van der Waals surface area contributed by atoms with Crippen molar-refractivity contribution >= 4 is 0 Å². The predicted molar refractivity (Wildman–Crippen MR) is 121 cm³/mol. The molecule has 0 saturated heterocycles. The smallest absolute Gasteiger partial charge is 0.0787 e. The maximum absolute atomic E-state index is 10.4. The normalized spacial score (nSPS) is 39.1. The minimum absolute atomic E-state index is 0.247. The van der Waals surface area contributed by atoms with Gasteiger partial charge in [0.25, 0.3) is 0 Å². The van der Waals surface area contributed by atoms with Crippen molar-refractivity contribution in [2.75, 3.05) is 0 Å². The van der Waals surface area contributed by atoms with Crippen LogP contribution in [-0.2, 0) is 0 Å². The molecule has 0 aromatic heterocycles. The Kier molecular flexibility index (Phi) is 7.29. The van der Waals surface area contributed by atoms with Crippen molar-refractivity contribution in [3.8, 4) is 0 Å². The van der Waals surface area contributed by atoms with Crippen molar-refractivity contribution in [1.82, 2.24) is 0 Å². The lowest BCUT2D eigenvalue weighted by atomic mass is 9.60. The van der Waals surface area contributed by atoms with Crippen molar-refractivity contribution in [2.24, 2.45) is 29.1 Å². The first-order valence-electron chi connectivity index (χ1n) is 12.1. The maximum Gasteiger partial charge on any atom is 0.0787 e. The molecule has 0 heterocycles. The summed E-state index contributed by atoms with van der Waals surface area (Å²) in [5, 5.41) is 10.4. The highest BCUT2D eigenvalue weighted by atomic mass is 16.3. The number of hydrogen-bond acceptors (Lipinski definition) is 1. The summed E-state index contributed by atoms with van der Waals surface area (Å²) in [4.78, 5) is 0. The zero-order valence-electron chi connectivity index (χ0n) is 19.1. The zero-order chi connectivity index (χ0) is 20.3. The molecular weight excluding hydrogens is 340 g/mol. The molecule has 3 saturated carbocycles. The Labute approximate surface area is 174 Å². The number of hydrogen-bond donors (Lipinski definition) is 1. The molecule has 5 atom stereocenters. The number of allylic oxidation sites excluding steroid dienone is 4. The van der Waals surface area contributed by atoms with Crippen LogP contribution in [0.25, 0.3) is 0 Å². The van der Waals surface area contributed by atoms with Crippen molar-refractivity contribution in [3.05, 3.63) is 34.9 Å². The minimum atomic E-state index is -0.247. The third-order valence-corrected chi connectivity index (χ3v) is 8.19. The lowest BCUT2D eigenvalue weighted by Crippen LogP contribution is -2.36. The first kappa shape index (κ1) is 21.9. The van der Waals surface area contributed by atoms with E-state index in [0.29, 0.717) is 5.41 Å². The number of aliphatic hydroxyl groups is 1. The van der Waals surface area contributed by atoms with E-state index in [9.17, 15) is 5.11 Å². The van der Waals surface area contributed by atoms with Gasteiger partial charge in [0.1, 0.15) is 0 Å². The molecule has 0 aromatic carbocycles. The Balaban J connectivity index is 1.71. The summed E-state index contributed by atoms with van der Waals surface area (Å²) in [6, 6.07) is 0. The van der Waals surface area contributed by atoms with E-state index < -0.39 is 0 Å². The summed E-state index contributed by atoms with van der Waals surface area (Å²) in [6.45, 7) is 12.0. The topological polar surface area (TPSA) is 20.2 Å². The van der Waals surface area contributed by atoms with Crippen LogP contribution in [0.15, 0.2) is 34.9 Å². The third kappa shape index (κ3) is 4.66. The molecule has 0 bridgehead atoms. The molecule has 3 fully saturated rings. The summed E-state index contributed by atoms with van der Waals surface area (Å²) >= 11 is 0. The van der Waals surface area contributed by atoms with Crippen molar-refractivity contribution in [2.45, 2.75) is 105 Å². The molecule has 1 heteroatoms. The fourth-order valence-corrected chi connectivity index (χ4v) is 6.95. The molecule has 3 aliphatic carbocycles. The van der Waals surface area contributed by atoms with Gasteiger partial charge in [-0.25, -0.2) is 0 Å². The van der Waals surface area contributed by atoms with Crippen molar-refractivity contribution in [1.29, 1.82) is 0 Å². The van der Waals surface area contributed by atoms with Crippen LogP contribution < -0.4 is 0 Å².